The van der Waals surface area contributed by atoms with E-state index in [1.807, 2.05) is 29.2 Å². The molecule has 0 radical (unpaired) electrons. The first-order chi connectivity index (χ1) is 15.9. The van der Waals surface area contributed by atoms with E-state index in [9.17, 15) is 9.59 Å². The van der Waals surface area contributed by atoms with E-state index in [0.29, 0.717) is 30.1 Å². The van der Waals surface area contributed by atoms with Crippen molar-refractivity contribution in [3.8, 4) is 5.75 Å². The van der Waals surface area contributed by atoms with Crippen LogP contribution in [0.15, 0.2) is 66.7 Å². The van der Waals surface area contributed by atoms with Gasteiger partial charge in [-0.25, -0.2) is 4.79 Å². The molecule has 1 fully saturated rings. The Labute approximate surface area is 194 Å². The Morgan fingerprint density at radius 1 is 1.00 bits per heavy atom. The van der Waals surface area contributed by atoms with E-state index in [4.69, 9.17) is 4.74 Å². The summed E-state index contributed by atoms with van der Waals surface area (Å²) in [6.45, 7) is 6.13. The zero-order valence-electron chi connectivity index (χ0n) is 19.3. The van der Waals surface area contributed by atoms with E-state index in [-0.39, 0.29) is 11.9 Å². The monoisotopic (exact) mass is 443 g/mol. The van der Waals surface area contributed by atoms with Gasteiger partial charge in [0.2, 0.25) is 0 Å². The summed E-state index contributed by atoms with van der Waals surface area (Å²) in [5.41, 5.74) is 5.51. The minimum Gasteiger partial charge on any atom is -0.497 e. The van der Waals surface area contributed by atoms with Gasteiger partial charge in [0.1, 0.15) is 5.75 Å². The van der Waals surface area contributed by atoms with Crippen LogP contribution in [0.1, 0.15) is 33.5 Å². The van der Waals surface area contributed by atoms with Crippen LogP contribution in [0.2, 0.25) is 0 Å². The standard InChI is InChI=1S/C27H29N3O3/c1-19-8-9-20(2)22(16-19)18-29-14-5-15-30(27(29)32)24-7-4-6-23(17-24)28-26(31)21-10-12-25(33-3)13-11-21/h4,6-13,16-17H,5,14-15,18H2,1-3H3,(H,28,31). The number of methoxy groups -OCH3 is 1. The first-order valence-electron chi connectivity index (χ1n) is 11.1. The molecule has 6 heteroatoms. The van der Waals surface area contributed by atoms with Crippen LogP contribution in [-0.4, -0.2) is 37.0 Å². The molecule has 3 amide bonds. The minimum atomic E-state index is -0.212. The molecule has 1 heterocycles. The van der Waals surface area contributed by atoms with Gasteiger partial charge in [0.05, 0.1) is 7.11 Å². The molecule has 0 atom stereocenters. The maximum absolute atomic E-state index is 13.3. The molecule has 3 aromatic rings. The lowest BCUT2D eigenvalue weighted by Crippen LogP contribution is -2.49. The van der Waals surface area contributed by atoms with Crippen molar-refractivity contribution in [2.24, 2.45) is 0 Å². The first kappa shape index (κ1) is 22.4. The zero-order valence-corrected chi connectivity index (χ0v) is 19.3. The van der Waals surface area contributed by atoms with Gasteiger partial charge < -0.3 is 15.0 Å². The smallest absolute Gasteiger partial charge is 0.324 e. The number of carbonyl (C=O) groups is 2. The Morgan fingerprint density at radius 2 is 1.79 bits per heavy atom. The highest BCUT2D eigenvalue weighted by atomic mass is 16.5. The topological polar surface area (TPSA) is 61.9 Å². The largest absolute Gasteiger partial charge is 0.497 e. The SMILES string of the molecule is COc1ccc(C(=O)Nc2cccc(N3CCCN(Cc4cc(C)ccc4C)C3=O)c2)cc1. The van der Waals surface area contributed by atoms with E-state index in [0.717, 1.165) is 18.7 Å². The second-order valence-electron chi connectivity index (χ2n) is 8.37. The van der Waals surface area contributed by atoms with Crippen molar-refractivity contribution in [3.63, 3.8) is 0 Å². The van der Waals surface area contributed by atoms with E-state index >= 15 is 0 Å². The van der Waals surface area contributed by atoms with Crippen LogP contribution in [0, 0.1) is 13.8 Å². The Morgan fingerprint density at radius 3 is 2.55 bits per heavy atom. The number of ether oxygens (including phenoxy) is 1. The van der Waals surface area contributed by atoms with Crippen LogP contribution < -0.4 is 15.0 Å². The van der Waals surface area contributed by atoms with Gasteiger partial charge in [0.25, 0.3) is 5.91 Å². The Bertz CT molecular complexity index is 1160. The number of rotatable bonds is 6. The molecule has 4 rings (SSSR count). The van der Waals surface area contributed by atoms with E-state index in [1.54, 1.807) is 36.3 Å². The molecule has 0 saturated carbocycles. The van der Waals surface area contributed by atoms with Crippen molar-refractivity contribution < 1.29 is 14.3 Å². The van der Waals surface area contributed by atoms with Gasteiger partial charge in [-0.15, -0.1) is 0 Å². The second kappa shape index (κ2) is 9.77. The number of hydrogen-bond donors (Lipinski definition) is 1. The summed E-state index contributed by atoms with van der Waals surface area (Å²) >= 11 is 0. The molecule has 3 aromatic carbocycles. The number of hydrogen-bond acceptors (Lipinski definition) is 3. The van der Waals surface area contributed by atoms with Crippen molar-refractivity contribution in [1.82, 2.24) is 4.90 Å². The van der Waals surface area contributed by atoms with E-state index in [1.165, 1.54) is 16.7 Å². The predicted octanol–water partition coefficient (Wildman–Crippen LogP) is 5.40. The van der Waals surface area contributed by atoms with Crippen LogP contribution in [0.3, 0.4) is 0 Å². The van der Waals surface area contributed by atoms with Crippen LogP contribution in [0.5, 0.6) is 5.75 Å². The Balaban J connectivity index is 1.48. The lowest BCUT2D eigenvalue weighted by Gasteiger charge is -2.36. The number of anilines is 2. The maximum atomic E-state index is 13.3. The highest BCUT2D eigenvalue weighted by Crippen LogP contribution is 2.25. The number of benzene rings is 3. The summed E-state index contributed by atoms with van der Waals surface area (Å²) in [7, 11) is 1.59. The summed E-state index contributed by atoms with van der Waals surface area (Å²) in [6.07, 6.45) is 0.888. The number of aryl methyl sites for hydroxylation is 2. The fraction of sp³-hybridized carbons (Fsp3) is 0.259. The predicted molar refractivity (Wildman–Crippen MR) is 131 cm³/mol. The number of amides is 3. The molecule has 0 aromatic heterocycles. The highest BCUT2D eigenvalue weighted by Gasteiger charge is 2.27. The van der Waals surface area contributed by atoms with Crippen molar-refractivity contribution in [2.75, 3.05) is 30.4 Å². The molecule has 1 saturated heterocycles. The van der Waals surface area contributed by atoms with Crippen LogP contribution in [0.25, 0.3) is 0 Å². The molecular formula is C27H29N3O3. The van der Waals surface area contributed by atoms with Gasteiger partial charge in [-0.3, -0.25) is 9.69 Å². The fourth-order valence-electron chi connectivity index (χ4n) is 4.04. The molecule has 0 aliphatic carbocycles. The maximum Gasteiger partial charge on any atom is 0.324 e. The highest BCUT2D eigenvalue weighted by molar-refractivity contribution is 6.04. The quantitative estimate of drug-likeness (QED) is 0.555. The first-order valence-corrected chi connectivity index (χ1v) is 11.1. The molecule has 1 N–H and O–H groups in total. The van der Waals surface area contributed by atoms with Crippen molar-refractivity contribution in [1.29, 1.82) is 0 Å². The summed E-state index contributed by atoms with van der Waals surface area (Å²) in [4.78, 5) is 29.6. The third-order valence-corrected chi connectivity index (χ3v) is 5.94. The van der Waals surface area contributed by atoms with Crippen molar-refractivity contribution in [2.45, 2.75) is 26.8 Å². The lowest BCUT2D eigenvalue weighted by atomic mass is 10.0. The number of nitrogens with one attached hydrogen (secondary N) is 1. The molecule has 1 aliphatic rings. The average Bonchev–Trinajstić information content (AvgIpc) is 2.83. The molecule has 0 spiro atoms. The molecule has 170 valence electrons. The zero-order chi connectivity index (χ0) is 23.4. The van der Waals surface area contributed by atoms with Gasteiger partial charge >= 0.3 is 6.03 Å². The normalized spacial score (nSPS) is 13.7. The molecule has 1 aliphatic heterocycles. The third-order valence-electron chi connectivity index (χ3n) is 5.94. The summed E-state index contributed by atoms with van der Waals surface area (Å²) in [5, 5.41) is 2.92. The van der Waals surface area contributed by atoms with Crippen LogP contribution in [0.4, 0.5) is 16.2 Å². The van der Waals surface area contributed by atoms with Gasteiger partial charge in [0.15, 0.2) is 0 Å². The van der Waals surface area contributed by atoms with Crippen molar-refractivity contribution >= 4 is 23.3 Å². The second-order valence-corrected chi connectivity index (χ2v) is 8.37. The number of urea groups is 1. The fourth-order valence-corrected chi connectivity index (χ4v) is 4.04. The van der Waals surface area contributed by atoms with Gasteiger partial charge in [-0.05, 0) is 73.9 Å². The summed E-state index contributed by atoms with van der Waals surface area (Å²) < 4.78 is 5.15. The van der Waals surface area contributed by atoms with Crippen LogP contribution in [-0.2, 0) is 6.54 Å². The summed E-state index contributed by atoms with van der Waals surface area (Å²) in [5.74, 6) is 0.485. The van der Waals surface area contributed by atoms with E-state index in [2.05, 4.69) is 37.4 Å². The lowest BCUT2D eigenvalue weighted by molar-refractivity contribution is 0.102. The van der Waals surface area contributed by atoms with Crippen LogP contribution >= 0.6 is 0 Å². The Hall–Kier alpha value is -3.80. The molecule has 6 nitrogen and oxygen atoms in total. The Kier molecular flexibility index (Phi) is 6.63. The molecule has 0 unspecified atom stereocenters. The average molecular weight is 444 g/mol. The third kappa shape index (κ3) is 5.17. The number of carbonyl (C=O) groups excluding carboxylic acids is 2. The van der Waals surface area contributed by atoms with Crippen molar-refractivity contribution in [3.05, 3.63) is 89.0 Å². The van der Waals surface area contributed by atoms with Gasteiger partial charge in [-0.1, -0.05) is 29.8 Å². The van der Waals surface area contributed by atoms with E-state index < -0.39 is 0 Å². The van der Waals surface area contributed by atoms with Gasteiger partial charge in [-0.2, -0.15) is 0 Å². The number of nitrogens with zero attached hydrogens (tertiary/aromatic N) is 2. The van der Waals surface area contributed by atoms with Gasteiger partial charge in [0, 0.05) is 36.6 Å². The molecular weight excluding hydrogens is 414 g/mol. The minimum absolute atomic E-state index is 0.0132. The molecule has 0 bridgehead atoms. The molecule has 33 heavy (non-hydrogen) atoms. The summed E-state index contributed by atoms with van der Waals surface area (Å²) in [6, 6.07) is 20.7.